The molecule has 1 aliphatic rings. The van der Waals surface area contributed by atoms with Gasteiger partial charge in [-0.2, -0.15) is 0 Å². The largest absolute Gasteiger partial charge is 0.483 e. The molecule has 21 heavy (non-hydrogen) atoms. The van der Waals surface area contributed by atoms with Crippen LogP contribution in [-0.2, 0) is 9.59 Å². The van der Waals surface area contributed by atoms with Crippen LogP contribution in [0.15, 0.2) is 0 Å². The highest BCUT2D eigenvalue weighted by Gasteiger charge is 2.37. The smallest absolute Gasteiger partial charge is 0.290 e. The Bertz CT molecular complexity index is 303. The maximum absolute atomic E-state index is 12.1. The number of rotatable bonds is 6. The summed E-state index contributed by atoms with van der Waals surface area (Å²) in [5.41, 5.74) is -0.182. The molecule has 0 spiro atoms. The number of carbonyl (C=O) groups excluding carboxylic acids is 1. The van der Waals surface area contributed by atoms with Crippen molar-refractivity contribution in [3.05, 3.63) is 0 Å². The lowest BCUT2D eigenvalue weighted by Gasteiger charge is -2.39. The highest BCUT2D eigenvalue weighted by atomic mass is 19.1. The van der Waals surface area contributed by atoms with Crippen LogP contribution >= 0.6 is 0 Å². The third kappa shape index (κ3) is 7.41. The third-order valence-electron chi connectivity index (χ3n) is 3.99. The number of piperidine rings is 1. The molecule has 124 valence electrons. The average Bonchev–Trinajstić information content (AvgIpc) is 2.45. The zero-order valence-corrected chi connectivity index (χ0v) is 13.5. The summed E-state index contributed by atoms with van der Waals surface area (Å²) in [6.07, 6.45) is 4.61. The van der Waals surface area contributed by atoms with Gasteiger partial charge in [0.15, 0.2) is 0 Å². The third-order valence-corrected chi connectivity index (χ3v) is 3.99. The van der Waals surface area contributed by atoms with Crippen LogP contribution in [-0.4, -0.2) is 67.7 Å². The number of amides is 1. The van der Waals surface area contributed by atoms with Crippen molar-refractivity contribution in [3.63, 3.8) is 0 Å². The Morgan fingerprint density at radius 1 is 1.29 bits per heavy atom. The quantitative estimate of drug-likeness (QED) is 0.602. The Morgan fingerprint density at radius 3 is 2.24 bits per heavy atom. The number of hydrogen-bond donors (Lipinski definition) is 1. The van der Waals surface area contributed by atoms with Crippen LogP contribution in [0.2, 0.25) is 0 Å². The fourth-order valence-corrected chi connectivity index (χ4v) is 2.63. The van der Waals surface area contributed by atoms with Gasteiger partial charge in [-0.15, -0.1) is 0 Å². The molecule has 0 radical (unpaired) electrons. The minimum absolute atomic E-state index is 0.182. The molecule has 0 aromatic carbocycles. The number of alkyl halides is 1. The Morgan fingerprint density at radius 2 is 1.81 bits per heavy atom. The van der Waals surface area contributed by atoms with Gasteiger partial charge in [0.1, 0.15) is 0 Å². The molecule has 6 heteroatoms. The van der Waals surface area contributed by atoms with Crippen molar-refractivity contribution in [2.45, 2.75) is 39.0 Å². The Kier molecular flexibility index (Phi) is 9.95. The van der Waals surface area contributed by atoms with E-state index in [9.17, 15) is 9.18 Å². The van der Waals surface area contributed by atoms with E-state index in [1.54, 1.807) is 4.90 Å². The normalized spacial score (nSPS) is 17.5. The number of hydrogen-bond acceptors (Lipinski definition) is 3. The number of halogens is 1. The molecule has 1 saturated heterocycles. The standard InChI is InChI=1S/C14H27FN2O.CH2O2/c1-14(13(18)16(2)3)7-11-17(12-8-14)10-6-4-5-9-15;2-1-3/h4-12H2,1-3H3;1H,(H,2,3). The average molecular weight is 304 g/mol. The van der Waals surface area contributed by atoms with E-state index in [1.165, 1.54) is 0 Å². The Labute approximate surface area is 127 Å². The van der Waals surface area contributed by atoms with Gasteiger partial charge in [0.05, 0.1) is 6.67 Å². The van der Waals surface area contributed by atoms with Crippen LogP contribution in [0.5, 0.6) is 0 Å². The molecule has 0 aromatic heterocycles. The topological polar surface area (TPSA) is 60.9 Å². The molecule has 1 aliphatic heterocycles. The molecule has 5 nitrogen and oxygen atoms in total. The van der Waals surface area contributed by atoms with Crippen molar-refractivity contribution in [2.24, 2.45) is 5.41 Å². The molecule has 0 unspecified atom stereocenters. The Hall–Kier alpha value is -1.17. The van der Waals surface area contributed by atoms with Crippen molar-refractivity contribution < 1.29 is 19.1 Å². The number of likely N-dealkylation sites (tertiary alicyclic amines) is 1. The fraction of sp³-hybridized carbons (Fsp3) is 0.867. The first-order chi connectivity index (χ1) is 9.91. The SMILES string of the molecule is CN(C)C(=O)C1(C)CCN(CCCCCF)CC1.O=CO. The summed E-state index contributed by atoms with van der Waals surface area (Å²) in [6.45, 7) is 4.66. The monoisotopic (exact) mass is 304 g/mol. The van der Waals surface area contributed by atoms with Crippen LogP contribution in [0.25, 0.3) is 0 Å². The summed E-state index contributed by atoms with van der Waals surface area (Å²) in [5, 5.41) is 6.89. The summed E-state index contributed by atoms with van der Waals surface area (Å²) >= 11 is 0. The van der Waals surface area contributed by atoms with E-state index in [4.69, 9.17) is 9.90 Å². The minimum Gasteiger partial charge on any atom is -0.483 e. The van der Waals surface area contributed by atoms with Gasteiger partial charge in [0.2, 0.25) is 5.91 Å². The molecular weight excluding hydrogens is 275 g/mol. The second kappa shape index (κ2) is 10.5. The van der Waals surface area contributed by atoms with E-state index in [2.05, 4.69) is 11.8 Å². The van der Waals surface area contributed by atoms with Crippen molar-refractivity contribution >= 4 is 12.4 Å². The summed E-state index contributed by atoms with van der Waals surface area (Å²) < 4.78 is 12.0. The van der Waals surface area contributed by atoms with E-state index in [1.807, 2.05) is 14.1 Å². The molecular formula is C15H29FN2O3. The maximum Gasteiger partial charge on any atom is 0.290 e. The Balaban J connectivity index is 0.00000122. The number of unbranched alkanes of at least 4 members (excludes halogenated alkanes) is 2. The summed E-state index contributed by atoms with van der Waals surface area (Å²) in [7, 11) is 3.66. The van der Waals surface area contributed by atoms with Gasteiger partial charge in [-0.25, -0.2) is 0 Å². The number of nitrogens with zero attached hydrogens (tertiary/aromatic N) is 2. The zero-order chi connectivity index (χ0) is 16.3. The lowest BCUT2D eigenvalue weighted by atomic mass is 9.79. The second-order valence-corrected chi connectivity index (χ2v) is 5.96. The molecule has 1 rings (SSSR count). The first-order valence-corrected chi connectivity index (χ1v) is 7.49. The van der Waals surface area contributed by atoms with Crippen LogP contribution in [0, 0.1) is 5.41 Å². The van der Waals surface area contributed by atoms with Crippen LogP contribution in [0.3, 0.4) is 0 Å². The van der Waals surface area contributed by atoms with E-state index in [0.717, 1.165) is 45.3 Å². The number of carbonyl (C=O) groups is 2. The van der Waals surface area contributed by atoms with Gasteiger partial charge in [-0.05, 0) is 51.7 Å². The van der Waals surface area contributed by atoms with Gasteiger partial charge >= 0.3 is 0 Å². The molecule has 0 aliphatic carbocycles. The highest BCUT2D eigenvalue weighted by Crippen LogP contribution is 2.32. The van der Waals surface area contributed by atoms with Gasteiger partial charge in [-0.1, -0.05) is 6.92 Å². The molecule has 0 aromatic rings. The lowest BCUT2D eigenvalue weighted by Crippen LogP contribution is -2.47. The highest BCUT2D eigenvalue weighted by molar-refractivity contribution is 5.82. The first-order valence-electron chi connectivity index (χ1n) is 7.49. The fourth-order valence-electron chi connectivity index (χ4n) is 2.63. The summed E-state index contributed by atoms with van der Waals surface area (Å²) in [6, 6.07) is 0. The van der Waals surface area contributed by atoms with Gasteiger partial charge in [-0.3, -0.25) is 14.0 Å². The number of carboxylic acid groups (broad SMARTS) is 1. The van der Waals surface area contributed by atoms with Crippen molar-refractivity contribution in [1.29, 1.82) is 0 Å². The van der Waals surface area contributed by atoms with Gasteiger partial charge < -0.3 is 14.9 Å². The van der Waals surface area contributed by atoms with E-state index < -0.39 is 0 Å². The molecule has 1 heterocycles. The van der Waals surface area contributed by atoms with Crippen molar-refractivity contribution in [3.8, 4) is 0 Å². The molecule has 0 saturated carbocycles. The van der Waals surface area contributed by atoms with Crippen molar-refractivity contribution in [1.82, 2.24) is 9.80 Å². The lowest BCUT2D eigenvalue weighted by molar-refractivity contribution is -0.141. The van der Waals surface area contributed by atoms with Crippen molar-refractivity contribution in [2.75, 3.05) is 40.4 Å². The summed E-state index contributed by atoms with van der Waals surface area (Å²) in [5.74, 6) is 0.250. The van der Waals surface area contributed by atoms with Crippen LogP contribution in [0.4, 0.5) is 4.39 Å². The molecule has 1 amide bonds. The summed E-state index contributed by atoms with van der Waals surface area (Å²) in [4.78, 5) is 24.6. The first kappa shape index (κ1) is 19.8. The van der Waals surface area contributed by atoms with Crippen LogP contribution in [0.1, 0.15) is 39.0 Å². The van der Waals surface area contributed by atoms with Gasteiger partial charge in [0, 0.05) is 19.5 Å². The predicted molar refractivity (Wildman–Crippen MR) is 81.0 cm³/mol. The van der Waals surface area contributed by atoms with Crippen LogP contribution < -0.4 is 0 Å². The zero-order valence-electron chi connectivity index (χ0n) is 13.5. The van der Waals surface area contributed by atoms with E-state index in [-0.39, 0.29) is 24.5 Å². The molecule has 0 bridgehead atoms. The molecule has 0 atom stereocenters. The molecule has 1 fully saturated rings. The van der Waals surface area contributed by atoms with E-state index in [0.29, 0.717) is 6.42 Å². The maximum atomic E-state index is 12.1. The minimum atomic E-state index is -0.250. The second-order valence-electron chi connectivity index (χ2n) is 5.96. The van der Waals surface area contributed by atoms with Gasteiger partial charge in [0.25, 0.3) is 6.47 Å². The van der Waals surface area contributed by atoms with E-state index >= 15 is 0 Å². The predicted octanol–water partition coefficient (Wildman–Crippen LogP) is 2.02. The molecule has 1 N–H and O–H groups in total.